The lowest BCUT2D eigenvalue weighted by Crippen LogP contribution is -2.05. The molecule has 1 amide bonds. The molecular formula is C14H12N8O2. The van der Waals surface area contributed by atoms with E-state index in [-0.39, 0.29) is 23.7 Å². The molecule has 6 N–H and O–H groups in total. The van der Waals surface area contributed by atoms with Crippen molar-refractivity contribution < 1.29 is 9.21 Å². The molecule has 3 aromatic heterocycles. The Hall–Kier alpha value is -3.69. The predicted octanol–water partition coefficient (Wildman–Crippen LogP) is 1.28. The lowest BCUT2D eigenvalue weighted by Gasteiger charge is -2.01. The van der Waals surface area contributed by atoms with Crippen LogP contribution in [0, 0.1) is 0 Å². The van der Waals surface area contributed by atoms with Gasteiger partial charge in [0.05, 0.1) is 11.1 Å². The van der Waals surface area contributed by atoms with Crippen LogP contribution in [-0.2, 0) is 4.79 Å². The van der Waals surface area contributed by atoms with E-state index in [0.717, 1.165) is 5.56 Å². The van der Waals surface area contributed by atoms with Gasteiger partial charge in [-0.3, -0.25) is 15.2 Å². The summed E-state index contributed by atoms with van der Waals surface area (Å²) in [5.41, 5.74) is 14.4. The van der Waals surface area contributed by atoms with Crippen molar-refractivity contribution in [3.8, 4) is 11.3 Å². The summed E-state index contributed by atoms with van der Waals surface area (Å²) in [5.74, 6) is 0.0363. The van der Waals surface area contributed by atoms with Crippen LogP contribution in [0.25, 0.3) is 33.4 Å². The summed E-state index contributed by atoms with van der Waals surface area (Å²) in [7, 11) is 0. The topological polar surface area (TPSA) is 162 Å². The van der Waals surface area contributed by atoms with Gasteiger partial charge in [0.25, 0.3) is 0 Å². The summed E-state index contributed by atoms with van der Waals surface area (Å²) in [4.78, 5) is 23.3. The van der Waals surface area contributed by atoms with E-state index in [1.165, 1.54) is 6.92 Å². The molecule has 0 saturated heterocycles. The minimum Gasteiger partial charge on any atom is -0.423 e. The van der Waals surface area contributed by atoms with E-state index in [4.69, 9.17) is 15.9 Å². The van der Waals surface area contributed by atoms with Gasteiger partial charge in [-0.1, -0.05) is 0 Å². The Balaban J connectivity index is 1.86. The Bertz CT molecular complexity index is 1100. The Morgan fingerprint density at radius 3 is 2.88 bits per heavy atom. The highest BCUT2D eigenvalue weighted by atomic mass is 16.4. The number of aromatic nitrogens is 5. The van der Waals surface area contributed by atoms with Crippen LogP contribution >= 0.6 is 0 Å². The fourth-order valence-electron chi connectivity index (χ4n) is 2.46. The first-order chi connectivity index (χ1) is 11.5. The van der Waals surface area contributed by atoms with Gasteiger partial charge in [0, 0.05) is 12.5 Å². The number of nitrogens with two attached hydrogens (primary N) is 2. The molecule has 0 radical (unpaired) electrons. The molecule has 0 unspecified atom stereocenters. The van der Waals surface area contributed by atoms with Crippen molar-refractivity contribution in [2.75, 3.05) is 16.8 Å². The number of carbonyl (C=O) groups excluding carboxylic acids is 1. The minimum absolute atomic E-state index is 0.0601. The van der Waals surface area contributed by atoms with Crippen LogP contribution in [0.15, 0.2) is 22.6 Å². The molecule has 120 valence electrons. The first-order valence-electron chi connectivity index (χ1n) is 6.97. The fourth-order valence-corrected chi connectivity index (χ4v) is 2.46. The van der Waals surface area contributed by atoms with Crippen molar-refractivity contribution in [1.29, 1.82) is 0 Å². The average Bonchev–Trinajstić information content (AvgIpc) is 3.08. The highest BCUT2D eigenvalue weighted by Crippen LogP contribution is 2.31. The molecule has 24 heavy (non-hydrogen) atoms. The van der Waals surface area contributed by atoms with E-state index in [1.807, 2.05) is 6.07 Å². The maximum absolute atomic E-state index is 11.1. The number of fused-ring (bicyclic) bond motifs is 2. The number of carbonyl (C=O) groups is 1. The number of hydrogen-bond acceptors (Lipinski definition) is 8. The zero-order valence-corrected chi connectivity index (χ0v) is 12.5. The van der Waals surface area contributed by atoms with E-state index >= 15 is 0 Å². The fraction of sp³-hybridized carbons (Fsp3) is 0.0714. The van der Waals surface area contributed by atoms with Crippen LogP contribution in [-0.4, -0.2) is 31.1 Å². The van der Waals surface area contributed by atoms with Crippen molar-refractivity contribution in [1.82, 2.24) is 25.1 Å². The summed E-state index contributed by atoms with van der Waals surface area (Å²) < 4.78 is 5.44. The molecule has 0 fully saturated rings. The third-order valence-corrected chi connectivity index (χ3v) is 3.42. The maximum atomic E-state index is 11.1. The second kappa shape index (κ2) is 4.91. The van der Waals surface area contributed by atoms with Crippen LogP contribution in [0.2, 0.25) is 0 Å². The van der Waals surface area contributed by atoms with Crippen molar-refractivity contribution >= 4 is 45.8 Å². The van der Waals surface area contributed by atoms with Gasteiger partial charge >= 0.3 is 6.01 Å². The summed E-state index contributed by atoms with van der Waals surface area (Å²) >= 11 is 0. The van der Waals surface area contributed by atoms with Crippen LogP contribution in [0.1, 0.15) is 6.92 Å². The molecule has 0 aliphatic carbocycles. The number of rotatable bonds is 2. The summed E-state index contributed by atoms with van der Waals surface area (Å²) in [6.07, 6.45) is 0. The van der Waals surface area contributed by atoms with Gasteiger partial charge in [-0.2, -0.15) is 20.1 Å². The Labute approximate surface area is 134 Å². The van der Waals surface area contributed by atoms with Crippen LogP contribution in [0.5, 0.6) is 0 Å². The van der Waals surface area contributed by atoms with Gasteiger partial charge < -0.3 is 15.9 Å². The van der Waals surface area contributed by atoms with Gasteiger partial charge in [0.2, 0.25) is 11.9 Å². The highest BCUT2D eigenvalue weighted by Gasteiger charge is 2.15. The summed E-state index contributed by atoms with van der Waals surface area (Å²) in [6.45, 7) is 1.38. The average molecular weight is 324 g/mol. The zero-order chi connectivity index (χ0) is 16.8. The first-order valence-corrected chi connectivity index (χ1v) is 6.97. The number of aromatic amines is 1. The van der Waals surface area contributed by atoms with Gasteiger partial charge in [-0.05, 0) is 18.2 Å². The Morgan fingerprint density at radius 1 is 1.25 bits per heavy atom. The molecule has 3 heterocycles. The summed E-state index contributed by atoms with van der Waals surface area (Å²) in [5, 5.41) is 10.1. The molecule has 0 saturated carbocycles. The smallest absolute Gasteiger partial charge is 0.302 e. The first kappa shape index (κ1) is 13.9. The molecule has 0 bridgehead atoms. The van der Waals surface area contributed by atoms with Crippen LogP contribution in [0.3, 0.4) is 0 Å². The van der Waals surface area contributed by atoms with E-state index in [2.05, 4.69) is 30.5 Å². The number of anilines is 3. The molecular weight excluding hydrogens is 312 g/mol. The summed E-state index contributed by atoms with van der Waals surface area (Å²) in [6, 6.07) is 5.48. The van der Waals surface area contributed by atoms with E-state index < -0.39 is 0 Å². The van der Waals surface area contributed by atoms with Gasteiger partial charge in [-0.25, -0.2) is 0 Å². The second-order valence-electron chi connectivity index (χ2n) is 5.15. The third kappa shape index (κ3) is 2.17. The zero-order valence-electron chi connectivity index (χ0n) is 12.5. The van der Waals surface area contributed by atoms with Crippen LogP contribution in [0.4, 0.5) is 17.8 Å². The van der Waals surface area contributed by atoms with Crippen molar-refractivity contribution in [3.05, 3.63) is 18.2 Å². The molecule has 0 aliphatic heterocycles. The van der Waals surface area contributed by atoms with Gasteiger partial charge in [0.1, 0.15) is 11.3 Å². The largest absolute Gasteiger partial charge is 0.423 e. The predicted molar refractivity (Wildman–Crippen MR) is 87.8 cm³/mol. The quantitative estimate of drug-likeness (QED) is 0.428. The molecule has 0 atom stereocenters. The number of oxazole rings is 1. The molecule has 1 aromatic carbocycles. The Kier molecular flexibility index (Phi) is 2.85. The molecule has 10 nitrogen and oxygen atoms in total. The van der Waals surface area contributed by atoms with E-state index in [0.29, 0.717) is 27.8 Å². The SMILES string of the molecule is CC(=O)Nc1nc2cc(-c3[nH]nc4nc(N)nc(N)c34)ccc2o1. The molecule has 0 aliphatic rings. The molecule has 4 aromatic rings. The maximum Gasteiger partial charge on any atom is 0.302 e. The van der Waals surface area contributed by atoms with Crippen molar-refractivity contribution in [3.63, 3.8) is 0 Å². The number of nitrogen functional groups attached to an aromatic ring is 2. The standard InChI is InChI=1S/C14H12N8O2/c1-5(23)17-14-18-7-4-6(2-3-8(7)24-14)10-9-11(15)19-13(16)20-12(9)22-21-10/h2-4H,1H3,(H,17,18,23)(H5,15,16,19,20,21,22). The van der Waals surface area contributed by atoms with E-state index in [1.54, 1.807) is 12.1 Å². The third-order valence-electron chi connectivity index (χ3n) is 3.42. The number of H-pyrrole nitrogens is 1. The van der Waals surface area contributed by atoms with Crippen molar-refractivity contribution in [2.24, 2.45) is 0 Å². The molecule has 0 spiro atoms. The Morgan fingerprint density at radius 2 is 2.08 bits per heavy atom. The lowest BCUT2D eigenvalue weighted by atomic mass is 10.1. The monoisotopic (exact) mass is 324 g/mol. The number of benzene rings is 1. The molecule has 4 rings (SSSR count). The number of hydrogen-bond donors (Lipinski definition) is 4. The number of nitrogens with one attached hydrogen (secondary N) is 2. The lowest BCUT2D eigenvalue weighted by molar-refractivity contribution is -0.114. The van der Waals surface area contributed by atoms with Crippen molar-refractivity contribution in [2.45, 2.75) is 6.92 Å². The van der Waals surface area contributed by atoms with E-state index in [9.17, 15) is 4.79 Å². The van der Waals surface area contributed by atoms with Gasteiger partial charge in [0.15, 0.2) is 11.2 Å². The highest BCUT2D eigenvalue weighted by molar-refractivity contribution is 5.99. The number of nitrogens with zero attached hydrogens (tertiary/aromatic N) is 4. The second-order valence-corrected chi connectivity index (χ2v) is 5.15. The van der Waals surface area contributed by atoms with Crippen LogP contribution < -0.4 is 16.8 Å². The normalized spacial score (nSPS) is 11.2. The molecule has 10 heteroatoms. The number of amides is 1. The van der Waals surface area contributed by atoms with Gasteiger partial charge in [-0.15, -0.1) is 0 Å². The minimum atomic E-state index is -0.260.